The Morgan fingerprint density at radius 1 is 0.420 bits per heavy atom. The molecule has 14 nitrogen and oxygen atoms in total. The minimum absolute atomic E-state index is 0.0134. The average Bonchev–Trinajstić information content (AvgIpc) is 3.48. The van der Waals surface area contributed by atoms with Gasteiger partial charge >= 0.3 is 35.5 Å². The van der Waals surface area contributed by atoms with Gasteiger partial charge in [0, 0.05) is 93.0 Å². The van der Waals surface area contributed by atoms with Crippen molar-refractivity contribution in [3.8, 4) is 0 Å². The van der Waals surface area contributed by atoms with Crippen molar-refractivity contribution in [2.24, 2.45) is 10.8 Å². The molecule has 0 radical (unpaired) electrons. The summed E-state index contributed by atoms with van der Waals surface area (Å²) in [6, 6.07) is 0.908. The van der Waals surface area contributed by atoms with Crippen molar-refractivity contribution in [3.05, 3.63) is 0 Å². The molecule has 1 atom stereocenters. The average molecular weight is 1220 g/mol. The second-order valence-electron chi connectivity index (χ2n) is 23.6. The third-order valence-corrected chi connectivity index (χ3v) is 23.7. The first-order valence-electron chi connectivity index (χ1n) is 32.9. The fraction of sp³-hybridized carbons (Fsp3) is 0.921. The van der Waals surface area contributed by atoms with Gasteiger partial charge in [0.15, 0.2) is 15.8 Å². The summed E-state index contributed by atoms with van der Waals surface area (Å²) in [5, 5.41) is 0.383. The van der Waals surface area contributed by atoms with Gasteiger partial charge in [0.05, 0.1) is 13.2 Å². The first-order chi connectivity index (χ1) is 39.2. The molecule has 18 heteroatoms. The van der Waals surface area contributed by atoms with E-state index in [4.69, 9.17) is 40.8 Å². The van der Waals surface area contributed by atoms with Gasteiger partial charge in [-0.15, -0.1) is 0 Å². The monoisotopic (exact) mass is 1220 g/mol. The zero-order chi connectivity index (χ0) is 59.4. The number of carbonyl (C=O) groups is 5. The van der Waals surface area contributed by atoms with E-state index in [1.807, 2.05) is 13.8 Å². The van der Waals surface area contributed by atoms with Crippen molar-refractivity contribution >= 4 is 69.3 Å². The normalized spacial score (nSPS) is 21.8. The third-order valence-electron chi connectivity index (χ3n) is 16.3. The zero-order valence-corrected chi connectivity index (χ0v) is 56.4. The lowest BCUT2D eigenvalue weighted by Gasteiger charge is -2.46. The number of unbranched alkanes of at least 4 members (excludes halogenated alkanes) is 20. The number of hydrogen-bond acceptors (Lipinski definition) is 16. The summed E-state index contributed by atoms with van der Waals surface area (Å²) in [6.07, 6.45) is 31.3. The molecular weight excluding hydrogens is 1100 g/mol. The molecule has 0 aromatic heterocycles. The van der Waals surface area contributed by atoms with Crippen LogP contribution in [0, 0.1) is 10.8 Å². The molecule has 2 fully saturated rings. The molecule has 0 aromatic carbocycles. The van der Waals surface area contributed by atoms with Crippen molar-refractivity contribution in [1.29, 1.82) is 0 Å². The van der Waals surface area contributed by atoms with Crippen LogP contribution in [0.3, 0.4) is 0 Å². The van der Waals surface area contributed by atoms with Crippen LogP contribution < -0.4 is 0 Å². The standard InChI is InChI=1S/C63H118O14S2Si2/c1-9-17-22-27-32-39-56(64)69-48-61(14-6)50-71-80(72-51-61,46-37-44-78-59(67)42-35-30-25-20-12-4)73-52-62(15-7,49-70-57(65)40-33-28-23-18-10-2)53-74-81(47-38-45-79-60(68)43-36-31-26-21-13-5)75-54-63(16-8,55-76-81)77-58(66)41-34-29-24-19-11-3/h9-55H2,1-8H3. The predicted octanol–water partition coefficient (Wildman–Crippen LogP) is 16.7. The summed E-state index contributed by atoms with van der Waals surface area (Å²) < 4.78 is 59.9. The number of hydrogen-bond donors (Lipinski definition) is 0. The van der Waals surface area contributed by atoms with Crippen LogP contribution in [0.1, 0.15) is 280 Å². The lowest BCUT2D eigenvalue weighted by Crippen LogP contribution is -2.61. The molecule has 0 spiro atoms. The molecule has 2 aliphatic rings. The SMILES string of the molecule is CCCCCCCC(=O)OCC1(CC)CO[Si](CCCSC(=O)CCCCCCC)(OCC(CC)(COC(=O)CCCCCCC)CO[Si]2(CCCSC(=O)CCCCCCC)OCC(CC)(OC(=O)CCCCCCC)CO2)OC1. The summed E-state index contributed by atoms with van der Waals surface area (Å²) in [5.74, 6) is 0.451. The van der Waals surface area contributed by atoms with Gasteiger partial charge in [-0.25, -0.2) is 0 Å². The Morgan fingerprint density at radius 3 is 1.17 bits per heavy atom. The lowest BCUT2D eigenvalue weighted by atomic mass is 9.88. The molecular formula is C63H118O14S2Si2. The maximum absolute atomic E-state index is 13.6. The topological polar surface area (TPSA) is 168 Å². The molecule has 2 saturated heterocycles. The van der Waals surface area contributed by atoms with Crippen LogP contribution in [0.2, 0.25) is 12.1 Å². The molecule has 2 heterocycles. The first kappa shape index (κ1) is 75.7. The molecule has 0 aromatic rings. The minimum Gasteiger partial charge on any atom is -0.465 e. The van der Waals surface area contributed by atoms with Crippen LogP contribution in [0.5, 0.6) is 0 Å². The van der Waals surface area contributed by atoms with E-state index in [0.29, 0.717) is 87.8 Å². The highest BCUT2D eigenvalue weighted by Gasteiger charge is 2.54. The van der Waals surface area contributed by atoms with Crippen molar-refractivity contribution in [2.75, 3.05) is 64.4 Å². The molecule has 1 unspecified atom stereocenters. The van der Waals surface area contributed by atoms with Crippen LogP contribution in [0.4, 0.5) is 0 Å². The van der Waals surface area contributed by atoms with E-state index in [0.717, 1.165) is 148 Å². The zero-order valence-electron chi connectivity index (χ0n) is 52.8. The molecule has 81 heavy (non-hydrogen) atoms. The van der Waals surface area contributed by atoms with Gasteiger partial charge in [-0.1, -0.05) is 207 Å². The van der Waals surface area contributed by atoms with Crippen LogP contribution >= 0.6 is 23.5 Å². The second kappa shape index (κ2) is 45.9. The highest BCUT2D eigenvalue weighted by Crippen LogP contribution is 2.39. The number of esters is 3. The molecule has 0 amide bonds. The molecule has 0 aliphatic carbocycles. The van der Waals surface area contributed by atoms with E-state index in [9.17, 15) is 24.0 Å². The van der Waals surface area contributed by atoms with E-state index in [2.05, 4.69) is 41.5 Å². The smallest absolute Gasteiger partial charge is 0.465 e. The van der Waals surface area contributed by atoms with E-state index >= 15 is 0 Å². The van der Waals surface area contributed by atoms with E-state index in [-0.39, 0.29) is 81.0 Å². The Hall–Kier alpha value is -1.36. The van der Waals surface area contributed by atoms with Gasteiger partial charge in [0.1, 0.15) is 13.2 Å². The van der Waals surface area contributed by atoms with Gasteiger partial charge in [-0.05, 0) is 64.2 Å². The summed E-state index contributed by atoms with van der Waals surface area (Å²) in [7, 11) is -7.04. The Bertz CT molecular complexity index is 1660. The fourth-order valence-electron chi connectivity index (χ4n) is 9.82. The molecule has 2 aliphatic heterocycles. The highest BCUT2D eigenvalue weighted by atomic mass is 32.2. The maximum Gasteiger partial charge on any atom is 0.501 e. The quantitative estimate of drug-likeness (QED) is 0.0244. The van der Waals surface area contributed by atoms with E-state index in [1.165, 1.54) is 36.4 Å². The van der Waals surface area contributed by atoms with Gasteiger partial charge < -0.3 is 40.8 Å². The molecule has 0 N–H and O–H groups in total. The first-order valence-corrected chi connectivity index (χ1v) is 38.7. The fourth-order valence-corrected chi connectivity index (χ4v) is 17.6. The Morgan fingerprint density at radius 2 is 0.790 bits per heavy atom. The Kier molecular flexibility index (Phi) is 42.9. The van der Waals surface area contributed by atoms with E-state index < -0.39 is 34.0 Å². The second-order valence-corrected chi connectivity index (χ2v) is 31.4. The molecule has 2 rings (SSSR count). The van der Waals surface area contributed by atoms with Crippen molar-refractivity contribution < 1.29 is 64.7 Å². The Labute approximate surface area is 504 Å². The Balaban J connectivity index is 2.45. The largest absolute Gasteiger partial charge is 0.501 e. The summed E-state index contributed by atoms with van der Waals surface area (Å²) in [4.78, 5) is 65.8. The number of rotatable bonds is 52. The predicted molar refractivity (Wildman–Crippen MR) is 334 cm³/mol. The highest BCUT2D eigenvalue weighted by molar-refractivity contribution is 8.13. The van der Waals surface area contributed by atoms with Crippen LogP contribution in [-0.2, 0) is 64.7 Å². The van der Waals surface area contributed by atoms with Gasteiger partial charge in [-0.2, -0.15) is 0 Å². The number of thioether (sulfide) groups is 2. The summed E-state index contributed by atoms with van der Waals surface area (Å²) >= 11 is 2.72. The van der Waals surface area contributed by atoms with Crippen LogP contribution in [-0.4, -0.2) is 116 Å². The third kappa shape index (κ3) is 33.4. The maximum atomic E-state index is 13.6. The van der Waals surface area contributed by atoms with Gasteiger partial charge in [-0.3, -0.25) is 24.0 Å². The van der Waals surface area contributed by atoms with Gasteiger partial charge in [0.25, 0.3) is 0 Å². The van der Waals surface area contributed by atoms with Crippen molar-refractivity contribution in [1.82, 2.24) is 0 Å². The summed E-state index contributed by atoms with van der Waals surface area (Å²) in [6.45, 7) is 18.1. The lowest BCUT2D eigenvalue weighted by molar-refractivity contribution is -0.183. The number of carbonyl (C=O) groups excluding carboxylic acids is 5. The molecule has 0 saturated carbocycles. The van der Waals surface area contributed by atoms with Gasteiger partial charge in [0.2, 0.25) is 0 Å². The minimum atomic E-state index is -3.55. The van der Waals surface area contributed by atoms with Crippen LogP contribution in [0.25, 0.3) is 0 Å². The number of ether oxygens (including phenoxy) is 3. The molecule has 0 bridgehead atoms. The van der Waals surface area contributed by atoms with Crippen molar-refractivity contribution in [2.45, 2.75) is 298 Å². The van der Waals surface area contributed by atoms with Crippen molar-refractivity contribution in [3.63, 3.8) is 0 Å². The van der Waals surface area contributed by atoms with E-state index in [1.54, 1.807) is 0 Å². The summed E-state index contributed by atoms with van der Waals surface area (Å²) in [5.41, 5.74) is -2.41. The molecule has 474 valence electrons. The van der Waals surface area contributed by atoms with Crippen LogP contribution in [0.15, 0.2) is 0 Å².